The van der Waals surface area contributed by atoms with Gasteiger partial charge in [-0.3, -0.25) is 9.69 Å². The SMILES string of the molecule is CCCCCCCCCCCCCCCCNC(=O)C(CCC)N(CC)CC. The molecule has 1 amide bonds. The topological polar surface area (TPSA) is 32.3 Å². The average Bonchev–Trinajstić information content (AvgIpc) is 2.71. The van der Waals surface area contributed by atoms with Crippen molar-refractivity contribution < 1.29 is 4.79 Å². The first-order valence-corrected chi connectivity index (χ1v) is 12.7. The van der Waals surface area contributed by atoms with Crippen LogP contribution in [-0.4, -0.2) is 36.5 Å². The van der Waals surface area contributed by atoms with Crippen molar-refractivity contribution in [2.45, 2.75) is 136 Å². The Bertz CT molecular complexity index is 329. The van der Waals surface area contributed by atoms with Gasteiger partial charge in [-0.1, -0.05) is 118 Å². The van der Waals surface area contributed by atoms with Crippen LogP contribution < -0.4 is 5.32 Å². The Balaban J connectivity index is 3.49. The Morgan fingerprint density at radius 3 is 1.46 bits per heavy atom. The zero-order valence-corrected chi connectivity index (χ0v) is 19.9. The molecule has 0 heterocycles. The maximum absolute atomic E-state index is 12.5. The number of amides is 1. The highest BCUT2D eigenvalue weighted by Crippen LogP contribution is 2.13. The van der Waals surface area contributed by atoms with Crippen molar-refractivity contribution in [1.82, 2.24) is 10.2 Å². The molecule has 0 fully saturated rings. The van der Waals surface area contributed by atoms with Gasteiger partial charge in [0.25, 0.3) is 0 Å². The highest BCUT2D eigenvalue weighted by Gasteiger charge is 2.22. The second-order valence-electron chi connectivity index (χ2n) is 8.41. The van der Waals surface area contributed by atoms with Gasteiger partial charge in [-0.05, 0) is 25.9 Å². The number of hydrogen-bond donors (Lipinski definition) is 1. The van der Waals surface area contributed by atoms with Crippen molar-refractivity contribution in [2.24, 2.45) is 0 Å². The van der Waals surface area contributed by atoms with Gasteiger partial charge in [-0.2, -0.15) is 0 Å². The third-order valence-electron chi connectivity index (χ3n) is 5.95. The number of likely N-dealkylation sites (N-methyl/N-ethyl adjacent to an activating group) is 1. The molecule has 3 heteroatoms. The molecule has 0 saturated carbocycles. The molecule has 1 unspecified atom stereocenters. The van der Waals surface area contributed by atoms with E-state index in [-0.39, 0.29) is 11.9 Å². The lowest BCUT2D eigenvalue weighted by molar-refractivity contribution is -0.126. The number of carbonyl (C=O) groups is 1. The molecule has 1 atom stereocenters. The van der Waals surface area contributed by atoms with E-state index in [0.29, 0.717) is 0 Å². The minimum Gasteiger partial charge on any atom is -0.355 e. The predicted octanol–water partition coefficient (Wildman–Crippen LogP) is 7.09. The van der Waals surface area contributed by atoms with Crippen LogP contribution in [0.5, 0.6) is 0 Å². The van der Waals surface area contributed by atoms with Crippen LogP contribution in [0.1, 0.15) is 130 Å². The Kier molecular flexibility index (Phi) is 20.7. The molecule has 3 nitrogen and oxygen atoms in total. The minimum atomic E-state index is 0.0617. The number of unbranched alkanes of at least 4 members (excludes halogenated alkanes) is 13. The van der Waals surface area contributed by atoms with Crippen LogP contribution in [0.4, 0.5) is 0 Å². The summed E-state index contributed by atoms with van der Waals surface area (Å²) >= 11 is 0. The summed E-state index contributed by atoms with van der Waals surface area (Å²) in [6, 6.07) is 0.0617. The summed E-state index contributed by atoms with van der Waals surface area (Å²) in [5, 5.41) is 3.18. The number of nitrogens with one attached hydrogen (secondary N) is 1. The van der Waals surface area contributed by atoms with Crippen LogP contribution in [0, 0.1) is 0 Å². The van der Waals surface area contributed by atoms with Crippen molar-refractivity contribution >= 4 is 5.91 Å². The van der Waals surface area contributed by atoms with E-state index in [1.165, 1.54) is 83.5 Å². The maximum Gasteiger partial charge on any atom is 0.237 e. The van der Waals surface area contributed by atoms with Crippen molar-refractivity contribution in [3.8, 4) is 0 Å². The van der Waals surface area contributed by atoms with E-state index in [4.69, 9.17) is 0 Å². The fraction of sp³-hybridized carbons (Fsp3) is 0.960. The van der Waals surface area contributed by atoms with Gasteiger partial charge < -0.3 is 5.32 Å². The second-order valence-corrected chi connectivity index (χ2v) is 8.41. The van der Waals surface area contributed by atoms with Crippen LogP contribution in [0.25, 0.3) is 0 Å². The summed E-state index contributed by atoms with van der Waals surface area (Å²) in [5.41, 5.74) is 0. The zero-order valence-electron chi connectivity index (χ0n) is 19.9. The van der Waals surface area contributed by atoms with E-state index in [0.717, 1.165) is 38.9 Å². The first-order chi connectivity index (χ1) is 13.7. The molecule has 0 rings (SSSR count). The monoisotopic (exact) mass is 396 g/mol. The van der Waals surface area contributed by atoms with E-state index < -0.39 is 0 Å². The number of carbonyl (C=O) groups excluding carboxylic acids is 1. The third-order valence-corrected chi connectivity index (χ3v) is 5.95. The molecule has 168 valence electrons. The van der Waals surface area contributed by atoms with E-state index in [1.54, 1.807) is 0 Å². The molecule has 0 aliphatic heterocycles. The average molecular weight is 397 g/mol. The normalized spacial score (nSPS) is 12.5. The van der Waals surface area contributed by atoms with Gasteiger partial charge in [-0.15, -0.1) is 0 Å². The maximum atomic E-state index is 12.5. The fourth-order valence-corrected chi connectivity index (χ4v) is 4.07. The molecule has 0 spiro atoms. The van der Waals surface area contributed by atoms with Gasteiger partial charge in [0.15, 0.2) is 0 Å². The van der Waals surface area contributed by atoms with Crippen molar-refractivity contribution in [2.75, 3.05) is 19.6 Å². The van der Waals surface area contributed by atoms with Crippen molar-refractivity contribution in [3.05, 3.63) is 0 Å². The number of hydrogen-bond acceptors (Lipinski definition) is 2. The van der Waals surface area contributed by atoms with Gasteiger partial charge in [0, 0.05) is 6.54 Å². The van der Waals surface area contributed by atoms with Crippen LogP contribution in [-0.2, 0) is 4.79 Å². The van der Waals surface area contributed by atoms with E-state index >= 15 is 0 Å². The molecule has 0 aromatic heterocycles. The Morgan fingerprint density at radius 2 is 1.07 bits per heavy atom. The molecule has 0 aromatic carbocycles. The molecule has 0 aliphatic rings. The Hall–Kier alpha value is -0.570. The highest BCUT2D eigenvalue weighted by molar-refractivity contribution is 5.81. The molecule has 0 aromatic rings. The van der Waals surface area contributed by atoms with E-state index in [2.05, 4.69) is 37.9 Å². The molecular weight excluding hydrogens is 344 g/mol. The van der Waals surface area contributed by atoms with Crippen LogP contribution in [0.3, 0.4) is 0 Å². The number of nitrogens with zero attached hydrogens (tertiary/aromatic N) is 1. The summed E-state index contributed by atoms with van der Waals surface area (Å²) in [7, 11) is 0. The van der Waals surface area contributed by atoms with E-state index in [9.17, 15) is 4.79 Å². The second kappa shape index (κ2) is 21.1. The molecular formula is C25H52N2O. The molecule has 0 bridgehead atoms. The van der Waals surface area contributed by atoms with Gasteiger partial charge >= 0.3 is 0 Å². The Labute approximate surface area is 177 Å². The van der Waals surface area contributed by atoms with Crippen LogP contribution in [0.2, 0.25) is 0 Å². The molecule has 28 heavy (non-hydrogen) atoms. The molecule has 0 saturated heterocycles. The quantitative estimate of drug-likeness (QED) is 0.210. The largest absolute Gasteiger partial charge is 0.355 e. The Morgan fingerprint density at radius 1 is 0.643 bits per heavy atom. The number of rotatable bonds is 21. The first-order valence-electron chi connectivity index (χ1n) is 12.7. The van der Waals surface area contributed by atoms with Gasteiger partial charge in [-0.25, -0.2) is 0 Å². The standard InChI is InChI=1S/C25H52N2O/c1-5-9-10-11-12-13-14-15-16-17-18-19-20-21-23-26-25(28)24(22-6-2)27(7-3)8-4/h24H,5-23H2,1-4H3,(H,26,28). The molecule has 0 radical (unpaired) electrons. The lowest BCUT2D eigenvalue weighted by Gasteiger charge is -2.28. The van der Waals surface area contributed by atoms with E-state index in [1.807, 2.05) is 0 Å². The predicted molar refractivity (Wildman–Crippen MR) is 125 cm³/mol. The van der Waals surface area contributed by atoms with Crippen LogP contribution >= 0.6 is 0 Å². The first kappa shape index (κ1) is 27.4. The molecule has 0 aliphatic carbocycles. The lowest BCUT2D eigenvalue weighted by atomic mass is 10.0. The summed E-state index contributed by atoms with van der Waals surface area (Å²) in [5.74, 6) is 0.236. The third kappa shape index (κ3) is 15.4. The fourth-order valence-electron chi connectivity index (χ4n) is 4.07. The smallest absolute Gasteiger partial charge is 0.237 e. The van der Waals surface area contributed by atoms with Crippen LogP contribution in [0.15, 0.2) is 0 Å². The lowest BCUT2D eigenvalue weighted by Crippen LogP contribution is -2.47. The van der Waals surface area contributed by atoms with Gasteiger partial charge in [0.2, 0.25) is 5.91 Å². The summed E-state index contributed by atoms with van der Waals surface area (Å²) in [6.45, 7) is 11.5. The summed E-state index contributed by atoms with van der Waals surface area (Å²) < 4.78 is 0. The van der Waals surface area contributed by atoms with Crippen molar-refractivity contribution in [3.63, 3.8) is 0 Å². The summed E-state index contributed by atoms with van der Waals surface area (Å²) in [4.78, 5) is 14.8. The highest BCUT2D eigenvalue weighted by atomic mass is 16.2. The van der Waals surface area contributed by atoms with Gasteiger partial charge in [0.1, 0.15) is 0 Å². The molecule has 1 N–H and O–H groups in total. The zero-order chi connectivity index (χ0) is 20.9. The minimum absolute atomic E-state index is 0.0617. The van der Waals surface area contributed by atoms with Gasteiger partial charge in [0.05, 0.1) is 6.04 Å². The summed E-state index contributed by atoms with van der Waals surface area (Å²) in [6.07, 6.45) is 21.3. The van der Waals surface area contributed by atoms with Crippen molar-refractivity contribution in [1.29, 1.82) is 0 Å².